The van der Waals surface area contributed by atoms with Gasteiger partial charge in [0.25, 0.3) is 0 Å². The first-order valence-electron chi connectivity index (χ1n) is 7.66. The van der Waals surface area contributed by atoms with Gasteiger partial charge in [-0.25, -0.2) is 14.7 Å². The highest BCUT2D eigenvalue weighted by Crippen LogP contribution is 2.20. The Morgan fingerprint density at radius 3 is 2.43 bits per heavy atom. The Morgan fingerprint density at radius 1 is 1.13 bits per heavy atom. The summed E-state index contributed by atoms with van der Waals surface area (Å²) in [6, 6.07) is 18.8. The molecule has 0 saturated carbocycles. The monoisotopic (exact) mass is 309 g/mol. The molecule has 0 spiro atoms. The molecule has 0 fully saturated rings. The second kappa shape index (κ2) is 6.96. The van der Waals surface area contributed by atoms with Gasteiger partial charge in [0, 0.05) is 18.7 Å². The average Bonchev–Trinajstić information content (AvgIpc) is 2.57. The van der Waals surface area contributed by atoms with Gasteiger partial charge in [-0.05, 0) is 31.2 Å². The second-order valence-corrected chi connectivity index (χ2v) is 5.35. The highest BCUT2D eigenvalue weighted by atomic mass is 16.5. The molecule has 2 aromatic rings. The molecule has 0 aliphatic carbocycles. The summed E-state index contributed by atoms with van der Waals surface area (Å²) >= 11 is 0. The molecule has 118 valence electrons. The number of carbonyl (C=O) groups excluding carboxylic acids is 1. The first kappa shape index (κ1) is 15.1. The molecule has 2 aromatic carbocycles. The Hall–Kier alpha value is -2.82. The van der Waals surface area contributed by atoms with Crippen LogP contribution in [0.4, 0.5) is 16.2 Å². The predicted molar refractivity (Wildman–Crippen MR) is 91.8 cm³/mol. The van der Waals surface area contributed by atoms with Crippen LogP contribution >= 0.6 is 0 Å². The Balaban J connectivity index is 1.89. The fourth-order valence-corrected chi connectivity index (χ4v) is 2.33. The zero-order chi connectivity index (χ0) is 16.1. The maximum absolute atomic E-state index is 12.8. The van der Waals surface area contributed by atoms with Gasteiger partial charge >= 0.3 is 12.1 Å². The zero-order valence-corrected chi connectivity index (χ0v) is 13.0. The van der Waals surface area contributed by atoms with E-state index in [0.29, 0.717) is 18.3 Å². The predicted octanol–water partition coefficient (Wildman–Crippen LogP) is 3.89. The van der Waals surface area contributed by atoms with Crippen molar-refractivity contribution in [2.24, 2.45) is 4.99 Å². The van der Waals surface area contributed by atoms with Crippen LogP contribution in [0.25, 0.3) is 0 Å². The lowest BCUT2D eigenvalue weighted by Gasteiger charge is -2.28. The van der Waals surface area contributed by atoms with Crippen LogP contribution in [0.2, 0.25) is 0 Å². The molecule has 3 rings (SSSR count). The smallest absolute Gasteiger partial charge is 0.334 e. The van der Waals surface area contributed by atoms with Crippen LogP contribution in [0.15, 0.2) is 65.7 Å². The number of anilines is 2. The number of benzene rings is 2. The summed E-state index contributed by atoms with van der Waals surface area (Å²) in [5, 5.41) is 2.88. The van der Waals surface area contributed by atoms with Crippen molar-refractivity contribution < 1.29 is 9.53 Å². The number of rotatable bonds is 2. The van der Waals surface area contributed by atoms with E-state index in [9.17, 15) is 4.79 Å². The Kier molecular flexibility index (Phi) is 4.57. The zero-order valence-electron chi connectivity index (χ0n) is 13.0. The molecule has 0 radical (unpaired) electrons. The van der Waals surface area contributed by atoms with E-state index in [1.165, 1.54) is 4.90 Å². The highest BCUT2D eigenvalue weighted by Gasteiger charge is 2.26. The third-order valence-corrected chi connectivity index (χ3v) is 3.52. The van der Waals surface area contributed by atoms with Crippen LogP contribution in [0.1, 0.15) is 13.3 Å². The summed E-state index contributed by atoms with van der Waals surface area (Å²) in [5.74, 6) is 0. The molecule has 5 nitrogen and oxygen atoms in total. The highest BCUT2D eigenvalue weighted by molar-refractivity contribution is 6.17. The largest absolute Gasteiger partial charge is 0.461 e. The minimum absolute atomic E-state index is 0.0400. The summed E-state index contributed by atoms with van der Waals surface area (Å²) in [6.45, 7) is 2.63. The molecule has 1 unspecified atom stereocenters. The van der Waals surface area contributed by atoms with Crippen LogP contribution in [-0.4, -0.2) is 24.7 Å². The molecule has 1 aliphatic heterocycles. The molecule has 1 heterocycles. The van der Waals surface area contributed by atoms with Gasteiger partial charge in [0.2, 0.25) is 0 Å². The number of hydrogen-bond acceptors (Lipinski definition) is 3. The molecule has 0 bridgehead atoms. The fraction of sp³-hybridized carbons (Fsp3) is 0.222. The molecule has 2 amide bonds. The summed E-state index contributed by atoms with van der Waals surface area (Å²) < 4.78 is 5.78. The van der Waals surface area contributed by atoms with E-state index in [1.807, 2.05) is 67.6 Å². The Morgan fingerprint density at radius 2 is 1.78 bits per heavy atom. The first-order chi connectivity index (χ1) is 11.2. The van der Waals surface area contributed by atoms with Crippen LogP contribution in [0, 0.1) is 0 Å². The minimum Gasteiger partial charge on any atom is -0.461 e. The normalized spacial score (nSPS) is 16.9. The number of carbonyl (C=O) groups is 1. The van der Waals surface area contributed by atoms with E-state index >= 15 is 0 Å². The van der Waals surface area contributed by atoms with Crippen molar-refractivity contribution in [3.05, 3.63) is 60.7 Å². The number of aliphatic imine (C=N–C) groups is 1. The summed E-state index contributed by atoms with van der Waals surface area (Å²) in [6.07, 6.45) is 0.894. The van der Waals surface area contributed by atoms with Crippen LogP contribution < -0.4 is 10.2 Å². The summed E-state index contributed by atoms with van der Waals surface area (Å²) in [7, 11) is 0. The number of nitrogens with zero attached hydrogens (tertiary/aromatic N) is 2. The lowest BCUT2D eigenvalue weighted by atomic mass is 10.2. The van der Waals surface area contributed by atoms with E-state index in [0.717, 1.165) is 12.1 Å². The lowest BCUT2D eigenvalue weighted by Crippen LogP contribution is -2.44. The van der Waals surface area contributed by atoms with Crippen molar-refractivity contribution in [1.82, 2.24) is 0 Å². The topological polar surface area (TPSA) is 53.9 Å². The summed E-state index contributed by atoms with van der Waals surface area (Å²) in [5.41, 5.74) is 1.44. The average molecular weight is 309 g/mol. The van der Waals surface area contributed by atoms with E-state index in [2.05, 4.69) is 10.3 Å². The maximum Gasteiger partial charge on any atom is 0.334 e. The van der Waals surface area contributed by atoms with E-state index in [1.54, 1.807) is 0 Å². The Bertz CT molecular complexity index is 686. The number of ether oxygens (including phenoxy) is 1. The molecule has 1 atom stereocenters. The standard InChI is InChI=1S/C18H19N3O2/c1-14-12-13-19-18(23-14)21(16-10-6-3-7-11-16)17(22)20-15-8-4-2-5-9-15/h2-11,14H,12-13H2,1H3,(H,20,22). The fourth-order valence-electron chi connectivity index (χ4n) is 2.33. The number of urea groups is 1. The van der Waals surface area contributed by atoms with Crippen LogP contribution in [0.5, 0.6) is 0 Å². The molecule has 1 aliphatic rings. The van der Waals surface area contributed by atoms with Gasteiger partial charge in [-0.1, -0.05) is 36.4 Å². The van der Waals surface area contributed by atoms with E-state index in [-0.39, 0.29) is 12.1 Å². The number of nitrogens with one attached hydrogen (secondary N) is 1. The SMILES string of the molecule is CC1CCN=C(N(C(=O)Nc2ccccc2)c2ccccc2)O1. The number of para-hydroxylation sites is 2. The molecular weight excluding hydrogens is 290 g/mol. The number of hydrogen-bond donors (Lipinski definition) is 1. The first-order valence-corrected chi connectivity index (χ1v) is 7.66. The molecule has 5 heteroatoms. The maximum atomic E-state index is 12.8. The van der Waals surface area contributed by atoms with Gasteiger partial charge in [0.05, 0.1) is 5.69 Å². The van der Waals surface area contributed by atoms with Crippen molar-refractivity contribution in [3.63, 3.8) is 0 Å². The third-order valence-electron chi connectivity index (χ3n) is 3.52. The van der Waals surface area contributed by atoms with Crippen molar-refractivity contribution in [2.75, 3.05) is 16.8 Å². The van der Waals surface area contributed by atoms with Crippen molar-refractivity contribution in [1.29, 1.82) is 0 Å². The molecule has 0 aromatic heterocycles. The van der Waals surface area contributed by atoms with Crippen molar-refractivity contribution in [3.8, 4) is 0 Å². The van der Waals surface area contributed by atoms with Gasteiger partial charge in [-0.3, -0.25) is 0 Å². The van der Waals surface area contributed by atoms with Crippen molar-refractivity contribution in [2.45, 2.75) is 19.4 Å². The Labute approximate surface area is 135 Å². The van der Waals surface area contributed by atoms with Crippen LogP contribution in [0.3, 0.4) is 0 Å². The van der Waals surface area contributed by atoms with Gasteiger partial charge in [-0.2, -0.15) is 0 Å². The van der Waals surface area contributed by atoms with Crippen LogP contribution in [-0.2, 0) is 4.74 Å². The van der Waals surface area contributed by atoms with E-state index in [4.69, 9.17) is 4.74 Å². The number of amides is 2. The molecular formula is C18H19N3O2. The van der Waals surface area contributed by atoms with Gasteiger partial charge in [0.1, 0.15) is 6.10 Å². The molecule has 0 saturated heterocycles. The minimum atomic E-state index is -0.296. The van der Waals surface area contributed by atoms with E-state index < -0.39 is 0 Å². The van der Waals surface area contributed by atoms with Gasteiger partial charge in [0.15, 0.2) is 0 Å². The molecule has 23 heavy (non-hydrogen) atoms. The second-order valence-electron chi connectivity index (χ2n) is 5.35. The molecule has 1 N–H and O–H groups in total. The third kappa shape index (κ3) is 3.69. The number of amidine groups is 1. The summed E-state index contributed by atoms with van der Waals surface area (Å²) in [4.78, 5) is 18.6. The van der Waals surface area contributed by atoms with Gasteiger partial charge in [-0.15, -0.1) is 0 Å². The lowest BCUT2D eigenvalue weighted by molar-refractivity contribution is 0.180. The quantitative estimate of drug-likeness (QED) is 0.915. The van der Waals surface area contributed by atoms with Gasteiger partial charge < -0.3 is 10.1 Å². The van der Waals surface area contributed by atoms with Crippen molar-refractivity contribution >= 4 is 23.4 Å².